The lowest BCUT2D eigenvalue weighted by Gasteiger charge is -1.95. The standard InChI is InChI=1S/C19H32O2/c1-3-4-5-6-7-8-9-10-11-12-13-14-15-16-17-18-19(20)21-2/h7-8,10-11,14-15H,3-6,9,12-13,16-18H2,1-2H3/b8-7?,11-10?,15-14-. The van der Waals surface area contributed by atoms with Gasteiger partial charge in [-0.2, -0.15) is 0 Å². The second-order valence-corrected chi connectivity index (χ2v) is 5.19. The number of hydrogen-bond donors (Lipinski definition) is 0. The predicted molar refractivity (Wildman–Crippen MR) is 91.3 cm³/mol. The van der Waals surface area contributed by atoms with Crippen LogP contribution in [-0.4, -0.2) is 13.1 Å². The minimum Gasteiger partial charge on any atom is -0.469 e. The minimum absolute atomic E-state index is 0.117. The fraction of sp³-hybridized carbons (Fsp3) is 0.632. The van der Waals surface area contributed by atoms with Crippen LogP contribution < -0.4 is 0 Å². The van der Waals surface area contributed by atoms with Gasteiger partial charge in [0.2, 0.25) is 0 Å². The van der Waals surface area contributed by atoms with Crippen molar-refractivity contribution in [3.05, 3.63) is 36.5 Å². The second kappa shape index (κ2) is 16.7. The summed E-state index contributed by atoms with van der Waals surface area (Å²) in [6.45, 7) is 2.24. The molecule has 0 atom stereocenters. The Bertz CT molecular complexity index is 314. The van der Waals surface area contributed by atoms with Crippen molar-refractivity contribution in [2.24, 2.45) is 0 Å². The van der Waals surface area contributed by atoms with Gasteiger partial charge in [-0.3, -0.25) is 4.79 Å². The van der Waals surface area contributed by atoms with Crippen LogP contribution in [0.5, 0.6) is 0 Å². The van der Waals surface area contributed by atoms with Gasteiger partial charge in [0.15, 0.2) is 0 Å². The molecule has 0 aliphatic carbocycles. The highest BCUT2D eigenvalue weighted by molar-refractivity contribution is 5.68. The molecule has 0 heterocycles. The predicted octanol–water partition coefficient (Wildman–Crippen LogP) is 5.75. The molecule has 0 bridgehead atoms. The Morgan fingerprint density at radius 3 is 2.05 bits per heavy atom. The van der Waals surface area contributed by atoms with Crippen molar-refractivity contribution in [1.29, 1.82) is 0 Å². The molecule has 0 aliphatic heterocycles. The van der Waals surface area contributed by atoms with E-state index in [1.54, 1.807) is 0 Å². The summed E-state index contributed by atoms with van der Waals surface area (Å²) in [5.41, 5.74) is 0. The molecule has 0 aromatic heterocycles. The van der Waals surface area contributed by atoms with Crippen molar-refractivity contribution in [2.75, 3.05) is 7.11 Å². The topological polar surface area (TPSA) is 26.3 Å². The molecule has 120 valence electrons. The SMILES string of the molecule is CCCCCC=CCC=CCC/C=C\CCCC(=O)OC. The van der Waals surface area contributed by atoms with Gasteiger partial charge in [-0.25, -0.2) is 0 Å². The van der Waals surface area contributed by atoms with Gasteiger partial charge in [-0.05, 0) is 44.9 Å². The van der Waals surface area contributed by atoms with Gasteiger partial charge < -0.3 is 4.74 Å². The van der Waals surface area contributed by atoms with Crippen molar-refractivity contribution in [2.45, 2.75) is 71.1 Å². The Labute approximate surface area is 131 Å². The molecular formula is C19H32O2. The summed E-state index contributed by atoms with van der Waals surface area (Å²) in [6, 6.07) is 0. The fourth-order valence-electron chi connectivity index (χ4n) is 1.91. The van der Waals surface area contributed by atoms with Gasteiger partial charge in [0.25, 0.3) is 0 Å². The van der Waals surface area contributed by atoms with E-state index in [1.807, 2.05) is 0 Å². The summed E-state index contributed by atoms with van der Waals surface area (Å²) in [6.07, 6.45) is 24.1. The molecule has 0 aromatic rings. The van der Waals surface area contributed by atoms with Gasteiger partial charge in [0, 0.05) is 6.42 Å². The van der Waals surface area contributed by atoms with E-state index >= 15 is 0 Å². The highest BCUT2D eigenvalue weighted by Gasteiger charge is 1.96. The zero-order chi connectivity index (χ0) is 15.6. The fourth-order valence-corrected chi connectivity index (χ4v) is 1.91. The summed E-state index contributed by atoms with van der Waals surface area (Å²) in [5, 5.41) is 0. The molecule has 0 fully saturated rings. The van der Waals surface area contributed by atoms with E-state index in [2.05, 4.69) is 48.1 Å². The van der Waals surface area contributed by atoms with Gasteiger partial charge >= 0.3 is 5.97 Å². The van der Waals surface area contributed by atoms with Crippen molar-refractivity contribution in [1.82, 2.24) is 0 Å². The quantitative estimate of drug-likeness (QED) is 0.245. The lowest BCUT2D eigenvalue weighted by Crippen LogP contribution is -1.98. The number of ether oxygens (including phenoxy) is 1. The summed E-state index contributed by atoms with van der Waals surface area (Å²) in [5.74, 6) is -0.117. The molecule has 0 spiro atoms. The third-order valence-electron chi connectivity index (χ3n) is 3.23. The first-order chi connectivity index (χ1) is 10.3. The van der Waals surface area contributed by atoms with Crippen LogP contribution in [-0.2, 0) is 9.53 Å². The molecule has 0 unspecified atom stereocenters. The van der Waals surface area contributed by atoms with E-state index in [0.29, 0.717) is 6.42 Å². The summed E-state index contributed by atoms with van der Waals surface area (Å²) >= 11 is 0. The molecule has 0 saturated heterocycles. The monoisotopic (exact) mass is 292 g/mol. The van der Waals surface area contributed by atoms with E-state index in [9.17, 15) is 4.79 Å². The Morgan fingerprint density at radius 1 is 0.810 bits per heavy atom. The average molecular weight is 292 g/mol. The summed E-state index contributed by atoms with van der Waals surface area (Å²) in [4.78, 5) is 10.9. The van der Waals surface area contributed by atoms with Gasteiger partial charge in [0.05, 0.1) is 7.11 Å². The van der Waals surface area contributed by atoms with Crippen LogP contribution in [0.1, 0.15) is 71.1 Å². The number of unbranched alkanes of at least 4 members (excludes halogenated alkanes) is 5. The van der Waals surface area contributed by atoms with E-state index in [1.165, 1.54) is 32.8 Å². The third-order valence-corrected chi connectivity index (χ3v) is 3.23. The number of esters is 1. The first-order valence-corrected chi connectivity index (χ1v) is 8.33. The average Bonchev–Trinajstić information content (AvgIpc) is 2.50. The van der Waals surface area contributed by atoms with Crippen molar-refractivity contribution in [3.63, 3.8) is 0 Å². The number of methoxy groups -OCH3 is 1. The molecule has 0 N–H and O–H groups in total. The number of allylic oxidation sites excluding steroid dienone is 6. The molecule has 0 rings (SSSR count). The van der Waals surface area contributed by atoms with E-state index in [-0.39, 0.29) is 5.97 Å². The lowest BCUT2D eigenvalue weighted by molar-refractivity contribution is -0.140. The molecule has 0 radical (unpaired) electrons. The van der Waals surface area contributed by atoms with Crippen LogP contribution in [0.3, 0.4) is 0 Å². The second-order valence-electron chi connectivity index (χ2n) is 5.19. The maximum Gasteiger partial charge on any atom is 0.305 e. The van der Waals surface area contributed by atoms with Crippen LogP contribution in [0, 0.1) is 0 Å². The Kier molecular flexibility index (Phi) is 15.7. The van der Waals surface area contributed by atoms with Crippen LogP contribution in [0.4, 0.5) is 0 Å². The van der Waals surface area contributed by atoms with E-state index < -0.39 is 0 Å². The number of carbonyl (C=O) groups is 1. The van der Waals surface area contributed by atoms with Crippen molar-refractivity contribution in [3.8, 4) is 0 Å². The first-order valence-electron chi connectivity index (χ1n) is 8.33. The maximum absolute atomic E-state index is 10.9. The molecular weight excluding hydrogens is 260 g/mol. The smallest absolute Gasteiger partial charge is 0.305 e. The zero-order valence-corrected chi connectivity index (χ0v) is 13.9. The van der Waals surface area contributed by atoms with Crippen molar-refractivity contribution < 1.29 is 9.53 Å². The molecule has 0 saturated carbocycles. The highest BCUT2D eigenvalue weighted by atomic mass is 16.5. The van der Waals surface area contributed by atoms with Gasteiger partial charge in [0.1, 0.15) is 0 Å². The number of carbonyl (C=O) groups excluding carboxylic acids is 1. The number of rotatable bonds is 13. The Balaban J connectivity index is 3.33. The minimum atomic E-state index is -0.117. The zero-order valence-electron chi connectivity index (χ0n) is 13.9. The highest BCUT2D eigenvalue weighted by Crippen LogP contribution is 2.02. The Hall–Kier alpha value is -1.31. The molecule has 2 heteroatoms. The molecule has 2 nitrogen and oxygen atoms in total. The molecule has 0 aromatic carbocycles. The van der Waals surface area contributed by atoms with Crippen LogP contribution in [0.2, 0.25) is 0 Å². The van der Waals surface area contributed by atoms with Gasteiger partial charge in [-0.15, -0.1) is 0 Å². The molecule has 0 aliphatic rings. The largest absolute Gasteiger partial charge is 0.469 e. The maximum atomic E-state index is 10.9. The summed E-state index contributed by atoms with van der Waals surface area (Å²) in [7, 11) is 1.44. The van der Waals surface area contributed by atoms with Crippen LogP contribution >= 0.6 is 0 Å². The van der Waals surface area contributed by atoms with Crippen LogP contribution in [0.15, 0.2) is 36.5 Å². The van der Waals surface area contributed by atoms with E-state index in [4.69, 9.17) is 0 Å². The summed E-state index contributed by atoms with van der Waals surface area (Å²) < 4.78 is 4.59. The van der Waals surface area contributed by atoms with Crippen LogP contribution in [0.25, 0.3) is 0 Å². The van der Waals surface area contributed by atoms with Gasteiger partial charge in [-0.1, -0.05) is 56.2 Å². The van der Waals surface area contributed by atoms with Crippen molar-refractivity contribution >= 4 is 5.97 Å². The Morgan fingerprint density at radius 2 is 1.38 bits per heavy atom. The lowest BCUT2D eigenvalue weighted by atomic mass is 10.2. The first kappa shape index (κ1) is 19.7. The third kappa shape index (κ3) is 16.6. The normalized spacial score (nSPS) is 11.9. The number of hydrogen-bond acceptors (Lipinski definition) is 2. The van der Waals surface area contributed by atoms with E-state index in [0.717, 1.165) is 32.1 Å². The molecule has 21 heavy (non-hydrogen) atoms. The molecule has 0 amide bonds.